The monoisotopic (exact) mass is 482 g/mol. The van der Waals surface area contributed by atoms with Crippen LogP contribution >= 0.6 is 15.9 Å². The summed E-state index contributed by atoms with van der Waals surface area (Å²) in [5, 5.41) is 23.2. The Bertz CT molecular complexity index is 1180. The predicted octanol–water partition coefficient (Wildman–Crippen LogP) is 5.01. The quantitative estimate of drug-likeness (QED) is 0.277. The van der Waals surface area contributed by atoms with Crippen LogP contribution in [0.15, 0.2) is 83.0 Å². The SMILES string of the molecule is O=C(O)C(=Cc1cc(Oc2ccccc2Br)ccc1[N+](=O)[O-])NC(=O)c1ccccc1. The number of nitrogens with zero attached hydrogens (tertiary/aromatic N) is 1. The van der Waals surface area contributed by atoms with E-state index in [2.05, 4.69) is 21.2 Å². The third-order valence-electron chi connectivity index (χ3n) is 4.07. The fraction of sp³-hybridized carbons (Fsp3) is 0. The van der Waals surface area contributed by atoms with E-state index in [0.717, 1.165) is 6.08 Å². The Labute approximate surface area is 185 Å². The van der Waals surface area contributed by atoms with Gasteiger partial charge in [0.05, 0.1) is 15.0 Å². The topological polar surface area (TPSA) is 119 Å². The van der Waals surface area contributed by atoms with Gasteiger partial charge in [-0.2, -0.15) is 0 Å². The second-order valence-electron chi connectivity index (χ2n) is 6.19. The van der Waals surface area contributed by atoms with Gasteiger partial charge in [0.25, 0.3) is 11.6 Å². The van der Waals surface area contributed by atoms with Crippen LogP contribution < -0.4 is 10.1 Å². The highest BCUT2D eigenvalue weighted by atomic mass is 79.9. The summed E-state index contributed by atoms with van der Waals surface area (Å²) in [6, 6.07) is 19.0. The molecule has 1 amide bonds. The van der Waals surface area contributed by atoms with Gasteiger partial charge in [-0.15, -0.1) is 0 Å². The minimum absolute atomic E-state index is 0.0414. The predicted molar refractivity (Wildman–Crippen MR) is 117 cm³/mol. The van der Waals surface area contributed by atoms with E-state index in [4.69, 9.17) is 4.74 Å². The molecular weight excluding hydrogens is 468 g/mol. The summed E-state index contributed by atoms with van der Waals surface area (Å²) in [5.41, 5.74) is -0.655. The van der Waals surface area contributed by atoms with E-state index in [1.165, 1.54) is 30.3 Å². The maximum Gasteiger partial charge on any atom is 0.352 e. The highest BCUT2D eigenvalue weighted by molar-refractivity contribution is 9.10. The molecule has 8 nitrogen and oxygen atoms in total. The second kappa shape index (κ2) is 9.68. The molecule has 0 aliphatic carbocycles. The number of aliphatic carboxylic acids is 1. The Balaban J connectivity index is 1.97. The zero-order chi connectivity index (χ0) is 22.4. The Morgan fingerprint density at radius 1 is 1.03 bits per heavy atom. The van der Waals surface area contributed by atoms with Gasteiger partial charge in [-0.3, -0.25) is 14.9 Å². The first kappa shape index (κ1) is 21.7. The van der Waals surface area contributed by atoms with Gasteiger partial charge in [-0.05, 0) is 58.4 Å². The van der Waals surface area contributed by atoms with E-state index in [9.17, 15) is 24.8 Å². The average molecular weight is 483 g/mol. The molecule has 0 radical (unpaired) electrons. The first-order valence-electron chi connectivity index (χ1n) is 8.87. The zero-order valence-electron chi connectivity index (χ0n) is 15.8. The van der Waals surface area contributed by atoms with Crippen molar-refractivity contribution in [3.8, 4) is 11.5 Å². The largest absolute Gasteiger partial charge is 0.477 e. The number of carboxylic acid groups (broad SMARTS) is 1. The van der Waals surface area contributed by atoms with Crippen LogP contribution in [0.5, 0.6) is 11.5 Å². The van der Waals surface area contributed by atoms with Gasteiger partial charge in [0.1, 0.15) is 17.2 Å². The lowest BCUT2D eigenvalue weighted by atomic mass is 10.1. The fourth-order valence-corrected chi connectivity index (χ4v) is 2.99. The van der Waals surface area contributed by atoms with Crippen molar-refractivity contribution >= 4 is 39.6 Å². The summed E-state index contributed by atoms with van der Waals surface area (Å²) in [7, 11) is 0. The molecule has 0 spiro atoms. The summed E-state index contributed by atoms with van der Waals surface area (Å²) in [5.74, 6) is -1.38. The highest BCUT2D eigenvalue weighted by Gasteiger charge is 2.19. The molecule has 3 rings (SSSR count). The summed E-state index contributed by atoms with van der Waals surface area (Å²) in [6.45, 7) is 0. The molecule has 0 unspecified atom stereocenters. The van der Waals surface area contributed by atoms with Crippen molar-refractivity contribution in [1.29, 1.82) is 0 Å². The van der Waals surface area contributed by atoms with Crippen molar-refractivity contribution in [3.63, 3.8) is 0 Å². The third-order valence-corrected chi connectivity index (χ3v) is 4.73. The number of nitrogens with one attached hydrogen (secondary N) is 1. The smallest absolute Gasteiger partial charge is 0.352 e. The van der Waals surface area contributed by atoms with E-state index in [1.54, 1.807) is 42.5 Å². The number of carboxylic acids is 1. The number of amides is 1. The van der Waals surface area contributed by atoms with Crippen molar-refractivity contribution in [2.45, 2.75) is 0 Å². The number of carbonyl (C=O) groups excluding carboxylic acids is 1. The van der Waals surface area contributed by atoms with E-state index in [-0.39, 0.29) is 22.6 Å². The molecule has 2 N–H and O–H groups in total. The van der Waals surface area contributed by atoms with Gasteiger partial charge >= 0.3 is 5.97 Å². The maximum atomic E-state index is 12.3. The molecule has 31 heavy (non-hydrogen) atoms. The molecule has 3 aromatic carbocycles. The van der Waals surface area contributed by atoms with Gasteiger partial charge < -0.3 is 15.2 Å². The molecule has 3 aromatic rings. The normalized spacial score (nSPS) is 10.9. The Morgan fingerprint density at radius 2 is 1.71 bits per heavy atom. The van der Waals surface area contributed by atoms with Crippen molar-refractivity contribution < 1.29 is 24.4 Å². The molecule has 0 aliphatic heterocycles. The standard InChI is InChI=1S/C22H15BrN2O6/c23-17-8-4-5-9-20(17)31-16-10-11-19(25(29)30)15(12-16)13-18(22(27)28)24-21(26)14-6-2-1-3-7-14/h1-13H,(H,24,26)(H,27,28). The van der Waals surface area contributed by atoms with Gasteiger partial charge in [-0.1, -0.05) is 30.3 Å². The van der Waals surface area contributed by atoms with Crippen LogP contribution in [0.3, 0.4) is 0 Å². The van der Waals surface area contributed by atoms with Crippen LogP contribution in [0, 0.1) is 10.1 Å². The molecule has 0 aromatic heterocycles. The Kier molecular flexibility index (Phi) is 6.78. The summed E-state index contributed by atoms with van der Waals surface area (Å²) in [6.07, 6.45) is 1.02. The summed E-state index contributed by atoms with van der Waals surface area (Å²) >= 11 is 3.35. The fourth-order valence-electron chi connectivity index (χ4n) is 2.62. The third kappa shape index (κ3) is 5.55. The van der Waals surface area contributed by atoms with Crippen LogP contribution in [0.25, 0.3) is 6.08 Å². The van der Waals surface area contributed by atoms with Crippen LogP contribution in [0.2, 0.25) is 0 Å². The number of nitro groups is 1. The van der Waals surface area contributed by atoms with Gasteiger partial charge in [0, 0.05) is 11.6 Å². The molecule has 156 valence electrons. The lowest BCUT2D eigenvalue weighted by Gasteiger charge is -2.10. The van der Waals surface area contributed by atoms with Crippen molar-refractivity contribution in [2.75, 3.05) is 0 Å². The summed E-state index contributed by atoms with van der Waals surface area (Å²) in [4.78, 5) is 34.8. The molecule has 0 fully saturated rings. The average Bonchev–Trinajstić information content (AvgIpc) is 2.75. The Hall–Kier alpha value is -3.98. The van der Waals surface area contributed by atoms with Gasteiger partial charge in [0.15, 0.2) is 0 Å². The number of para-hydroxylation sites is 1. The van der Waals surface area contributed by atoms with Crippen LogP contribution in [-0.4, -0.2) is 21.9 Å². The van der Waals surface area contributed by atoms with E-state index >= 15 is 0 Å². The first-order valence-corrected chi connectivity index (χ1v) is 9.66. The minimum Gasteiger partial charge on any atom is -0.477 e. The van der Waals surface area contributed by atoms with E-state index in [0.29, 0.717) is 10.2 Å². The molecule has 9 heteroatoms. The maximum absolute atomic E-state index is 12.3. The van der Waals surface area contributed by atoms with Crippen molar-refractivity contribution in [2.24, 2.45) is 0 Å². The highest BCUT2D eigenvalue weighted by Crippen LogP contribution is 2.32. The van der Waals surface area contributed by atoms with Crippen LogP contribution in [0.1, 0.15) is 15.9 Å². The minimum atomic E-state index is -1.45. The van der Waals surface area contributed by atoms with Crippen molar-refractivity contribution in [1.82, 2.24) is 5.32 Å². The lowest BCUT2D eigenvalue weighted by molar-refractivity contribution is -0.385. The Morgan fingerprint density at radius 3 is 2.35 bits per heavy atom. The molecule has 0 saturated heterocycles. The number of hydrogen-bond acceptors (Lipinski definition) is 5. The number of carbonyl (C=O) groups is 2. The molecule has 0 heterocycles. The van der Waals surface area contributed by atoms with Crippen molar-refractivity contribution in [3.05, 3.63) is 104 Å². The van der Waals surface area contributed by atoms with E-state index in [1.807, 2.05) is 0 Å². The molecular formula is C22H15BrN2O6. The zero-order valence-corrected chi connectivity index (χ0v) is 17.4. The first-order chi connectivity index (χ1) is 14.8. The lowest BCUT2D eigenvalue weighted by Crippen LogP contribution is -2.27. The van der Waals surface area contributed by atoms with Crippen LogP contribution in [0.4, 0.5) is 5.69 Å². The second-order valence-corrected chi connectivity index (χ2v) is 7.05. The number of hydrogen-bond donors (Lipinski definition) is 2. The molecule has 0 aliphatic rings. The van der Waals surface area contributed by atoms with Crippen LogP contribution in [-0.2, 0) is 4.79 Å². The molecule has 0 saturated carbocycles. The molecule has 0 bridgehead atoms. The molecule has 0 atom stereocenters. The summed E-state index contributed by atoms with van der Waals surface area (Å²) < 4.78 is 6.42. The number of benzene rings is 3. The van der Waals surface area contributed by atoms with Gasteiger partial charge in [0.2, 0.25) is 0 Å². The number of rotatable bonds is 7. The van der Waals surface area contributed by atoms with Gasteiger partial charge in [-0.25, -0.2) is 4.79 Å². The number of nitro benzene ring substituents is 1. The van der Waals surface area contributed by atoms with E-state index < -0.39 is 22.5 Å². The number of halogens is 1. The number of ether oxygens (including phenoxy) is 1.